The van der Waals surface area contributed by atoms with Crippen molar-refractivity contribution in [1.82, 2.24) is 9.80 Å². The van der Waals surface area contributed by atoms with Crippen LogP contribution in [-0.4, -0.2) is 61.2 Å². The van der Waals surface area contributed by atoms with E-state index in [1.165, 1.54) is 19.3 Å². The average Bonchev–Trinajstić information content (AvgIpc) is 3.14. The number of hydrogen-bond acceptors (Lipinski definition) is 3. The molecule has 1 heterocycles. The summed E-state index contributed by atoms with van der Waals surface area (Å²) in [4.78, 5) is 16.8. The molecule has 0 bridgehead atoms. The highest BCUT2D eigenvalue weighted by Gasteiger charge is 2.61. The van der Waals surface area contributed by atoms with Gasteiger partial charge in [-0.2, -0.15) is 0 Å². The summed E-state index contributed by atoms with van der Waals surface area (Å²) in [5.74, 6) is 0.743. The summed E-state index contributed by atoms with van der Waals surface area (Å²) in [6.45, 7) is 2.82. The van der Waals surface area contributed by atoms with Crippen LogP contribution >= 0.6 is 0 Å². The van der Waals surface area contributed by atoms with Gasteiger partial charge in [0.05, 0.1) is 6.61 Å². The summed E-state index contributed by atoms with van der Waals surface area (Å²) in [5, 5.41) is 9.74. The molecule has 1 atom stereocenters. The second-order valence-corrected chi connectivity index (χ2v) is 7.69. The maximum absolute atomic E-state index is 12.5. The summed E-state index contributed by atoms with van der Waals surface area (Å²) < 4.78 is 0. The molecule has 0 unspecified atom stereocenters. The number of nitrogens with zero attached hydrogens (tertiary/aromatic N) is 2. The van der Waals surface area contributed by atoms with Gasteiger partial charge in [0.15, 0.2) is 0 Å². The number of amides is 1. The first-order chi connectivity index (χ1) is 9.50. The predicted molar refractivity (Wildman–Crippen MR) is 78.3 cm³/mol. The van der Waals surface area contributed by atoms with Crippen molar-refractivity contribution in [2.45, 2.75) is 38.5 Å². The Morgan fingerprint density at radius 3 is 2.30 bits per heavy atom. The number of carbonyl (C=O) groups excluding carboxylic acids is 1. The minimum absolute atomic E-state index is 0.00200. The van der Waals surface area contributed by atoms with Gasteiger partial charge < -0.3 is 14.9 Å². The smallest absolute Gasteiger partial charge is 0.226 e. The molecule has 4 nitrogen and oxygen atoms in total. The van der Waals surface area contributed by atoms with Crippen LogP contribution in [0.1, 0.15) is 38.5 Å². The van der Waals surface area contributed by atoms with Crippen LogP contribution in [0.4, 0.5) is 0 Å². The fraction of sp³-hybridized carbons (Fsp3) is 0.938. The highest BCUT2D eigenvalue weighted by molar-refractivity contribution is 5.83. The van der Waals surface area contributed by atoms with Gasteiger partial charge in [0, 0.05) is 31.0 Å². The molecule has 1 N–H and O–H groups in total. The van der Waals surface area contributed by atoms with E-state index in [0.29, 0.717) is 17.2 Å². The molecule has 3 aliphatic rings. The SMILES string of the molecule is CN(C)CC1(CO)CCN(C(=O)[C@@H]2CC23CCC3)CC1. The van der Waals surface area contributed by atoms with Crippen LogP contribution in [-0.2, 0) is 4.79 Å². The Kier molecular flexibility index (Phi) is 3.57. The zero-order chi connectivity index (χ0) is 14.4. The summed E-state index contributed by atoms with van der Waals surface area (Å²) >= 11 is 0. The van der Waals surface area contributed by atoms with Gasteiger partial charge >= 0.3 is 0 Å². The highest BCUT2D eigenvalue weighted by atomic mass is 16.3. The molecule has 1 saturated heterocycles. The first-order valence-electron chi connectivity index (χ1n) is 8.05. The third-order valence-corrected chi connectivity index (χ3v) is 5.96. The van der Waals surface area contributed by atoms with Crippen molar-refractivity contribution >= 4 is 5.91 Å². The van der Waals surface area contributed by atoms with Crippen LogP contribution in [0, 0.1) is 16.7 Å². The van der Waals surface area contributed by atoms with Gasteiger partial charge in [0.2, 0.25) is 5.91 Å². The summed E-state index contributed by atoms with van der Waals surface area (Å²) in [7, 11) is 4.11. The molecule has 0 aromatic rings. The molecular weight excluding hydrogens is 252 g/mol. The molecule has 1 aliphatic heterocycles. The van der Waals surface area contributed by atoms with E-state index < -0.39 is 0 Å². The molecular formula is C16H28N2O2. The van der Waals surface area contributed by atoms with Crippen LogP contribution in [0.5, 0.6) is 0 Å². The van der Waals surface area contributed by atoms with Gasteiger partial charge in [-0.05, 0) is 51.6 Å². The monoisotopic (exact) mass is 280 g/mol. The zero-order valence-corrected chi connectivity index (χ0v) is 12.9. The minimum Gasteiger partial charge on any atom is -0.396 e. The maximum Gasteiger partial charge on any atom is 0.226 e. The van der Waals surface area contributed by atoms with Gasteiger partial charge in [-0.1, -0.05) is 6.42 Å². The van der Waals surface area contributed by atoms with E-state index >= 15 is 0 Å². The molecule has 2 aliphatic carbocycles. The Labute approximate surface area is 122 Å². The van der Waals surface area contributed by atoms with Crippen molar-refractivity contribution in [3.05, 3.63) is 0 Å². The van der Waals surface area contributed by atoms with Crippen molar-refractivity contribution in [3.63, 3.8) is 0 Å². The standard InChI is InChI=1S/C16H28N2O2/c1-17(2)11-15(12-19)6-8-18(9-7-15)14(20)13-10-16(13)4-3-5-16/h13,19H,3-12H2,1-2H3/t13-/m0/s1. The van der Waals surface area contributed by atoms with Gasteiger partial charge in [-0.15, -0.1) is 0 Å². The summed E-state index contributed by atoms with van der Waals surface area (Å²) in [6.07, 6.45) is 6.89. The Hall–Kier alpha value is -0.610. The number of carbonyl (C=O) groups is 1. The van der Waals surface area contributed by atoms with E-state index in [9.17, 15) is 9.90 Å². The van der Waals surface area contributed by atoms with E-state index in [-0.39, 0.29) is 12.0 Å². The van der Waals surface area contributed by atoms with Crippen molar-refractivity contribution in [3.8, 4) is 0 Å². The molecule has 20 heavy (non-hydrogen) atoms. The van der Waals surface area contributed by atoms with Gasteiger partial charge in [-0.25, -0.2) is 0 Å². The van der Waals surface area contributed by atoms with Gasteiger partial charge in [-0.3, -0.25) is 4.79 Å². The predicted octanol–water partition coefficient (Wildman–Crippen LogP) is 1.34. The summed E-state index contributed by atoms with van der Waals surface area (Å²) in [5.41, 5.74) is 0.435. The molecule has 3 fully saturated rings. The molecule has 1 spiro atoms. The van der Waals surface area contributed by atoms with Crippen molar-refractivity contribution in [2.75, 3.05) is 40.3 Å². The lowest BCUT2D eigenvalue weighted by atomic mass is 9.77. The number of rotatable bonds is 4. The number of piperidine rings is 1. The molecule has 114 valence electrons. The second-order valence-electron chi connectivity index (χ2n) is 7.69. The van der Waals surface area contributed by atoms with E-state index in [4.69, 9.17) is 0 Å². The number of aliphatic hydroxyl groups excluding tert-OH is 1. The fourth-order valence-electron chi connectivity index (χ4n) is 4.34. The molecule has 4 heteroatoms. The maximum atomic E-state index is 12.5. The van der Waals surface area contributed by atoms with Crippen molar-refractivity contribution in [2.24, 2.45) is 16.7 Å². The summed E-state index contributed by atoms with van der Waals surface area (Å²) in [6, 6.07) is 0. The average molecular weight is 280 g/mol. The third-order valence-electron chi connectivity index (χ3n) is 5.96. The van der Waals surface area contributed by atoms with E-state index in [1.807, 2.05) is 0 Å². The Morgan fingerprint density at radius 1 is 1.25 bits per heavy atom. The first kappa shape index (κ1) is 14.3. The lowest BCUT2D eigenvalue weighted by molar-refractivity contribution is -0.137. The molecule has 0 aromatic carbocycles. The minimum atomic E-state index is -0.00200. The first-order valence-corrected chi connectivity index (χ1v) is 8.05. The zero-order valence-electron chi connectivity index (χ0n) is 12.9. The number of aliphatic hydroxyl groups is 1. The topological polar surface area (TPSA) is 43.8 Å². The lowest BCUT2D eigenvalue weighted by Crippen LogP contribution is -2.49. The van der Waals surface area contributed by atoms with Gasteiger partial charge in [0.25, 0.3) is 0 Å². The largest absolute Gasteiger partial charge is 0.396 e. The van der Waals surface area contributed by atoms with Crippen LogP contribution in [0.3, 0.4) is 0 Å². The van der Waals surface area contributed by atoms with Crippen LogP contribution < -0.4 is 0 Å². The van der Waals surface area contributed by atoms with E-state index in [2.05, 4.69) is 23.9 Å². The van der Waals surface area contributed by atoms with Gasteiger partial charge in [0.1, 0.15) is 0 Å². The fourth-order valence-corrected chi connectivity index (χ4v) is 4.34. The van der Waals surface area contributed by atoms with Crippen LogP contribution in [0.25, 0.3) is 0 Å². The Bertz CT molecular complexity index is 382. The van der Waals surface area contributed by atoms with Crippen molar-refractivity contribution in [1.29, 1.82) is 0 Å². The highest BCUT2D eigenvalue weighted by Crippen LogP contribution is 2.66. The molecule has 0 aromatic heterocycles. The lowest BCUT2D eigenvalue weighted by Gasteiger charge is -2.42. The quantitative estimate of drug-likeness (QED) is 0.845. The van der Waals surface area contributed by atoms with E-state index in [0.717, 1.165) is 38.9 Å². The third kappa shape index (κ3) is 2.37. The van der Waals surface area contributed by atoms with E-state index in [1.54, 1.807) is 0 Å². The normalized spacial score (nSPS) is 30.4. The molecule has 1 amide bonds. The van der Waals surface area contributed by atoms with Crippen molar-refractivity contribution < 1.29 is 9.90 Å². The molecule has 3 rings (SSSR count). The Balaban J connectivity index is 1.54. The molecule has 0 radical (unpaired) electrons. The van der Waals surface area contributed by atoms with Crippen LogP contribution in [0.2, 0.25) is 0 Å². The number of likely N-dealkylation sites (tertiary alicyclic amines) is 1. The Morgan fingerprint density at radius 2 is 1.90 bits per heavy atom. The molecule has 2 saturated carbocycles. The van der Waals surface area contributed by atoms with Crippen LogP contribution in [0.15, 0.2) is 0 Å². The second kappa shape index (κ2) is 4.99. The number of hydrogen-bond donors (Lipinski definition) is 1.